The monoisotopic (exact) mass is 315 g/mol. The molecule has 0 aliphatic carbocycles. The lowest BCUT2D eigenvalue weighted by Gasteiger charge is -2.30. The number of hydrogen-bond acceptors (Lipinski definition) is 3. The molecule has 0 saturated carbocycles. The number of benzene rings is 1. The lowest BCUT2D eigenvalue weighted by Crippen LogP contribution is -2.51. The third-order valence-corrected chi connectivity index (χ3v) is 4.77. The minimum absolute atomic E-state index is 0.0618. The number of carbonyl (C=O) groups is 2. The zero-order valence-corrected chi connectivity index (χ0v) is 13.7. The van der Waals surface area contributed by atoms with Crippen LogP contribution in [0.1, 0.15) is 43.7 Å². The summed E-state index contributed by atoms with van der Waals surface area (Å²) >= 11 is 0. The Labute approximate surface area is 137 Å². The molecular formula is C18H25N3O2. The molecular weight excluding hydrogens is 290 g/mol. The van der Waals surface area contributed by atoms with Gasteiger partial charge in [-0.3, -0.25) is 9.59 Å². The van der Waals surface area contributed by atoms with Gasteiger partial charge in [-0.2, -0.15) is 0 Å². The molecule has 2 aliphatic rings. The molecule has 1 saturated heterocycles. The highest BCUT2D eigenvalue weighted by Crippen LogP contribution is 2.24. The molecule has 3 N–H and O–H groups in total. The normalized spacial score (nSPS) is 23.3. The van der Waals surface area contributed by atoms with Crippen molar-refractivity contribution in [1.29, 1.82) is 0 Å². The fraction of sp³-hybridized carbons (Fsp3) is 0.556. The smallest absolute Gasteiger partial charge is 0.228 e. The van der Waals surface area contributed by atoms with Crippen molar-refractivity contribution in [3.8, 4) is 0 Å². The Hall–Kier alpha value is -1.88. The molecule has 2 atom stereocenters. The minimum Gasteiger partial charge on any atom is -0.352 e. The first kappa shape index (κ1) is 16.0. The number of rotatable bonds is 5. The van der Waals surface area contributed by atoms with Gasteiger partial charge in [-0.1, -0.05) is 12.1 Å². The zero-order chi connectivity index (χ0) is 16.2. The van der Waals surface area contributed by atoms with E-state index in [2.05, 4.69) is 28.9 Å². The molecule has 0 radical (unpaired) electrons. The van der Waals surface area contributed by atoms with E-state index in [1.54, 1.807) is 0 Å². The average Bonchev–Trinajstić information content (AvgIpc) is 2.89. The van der Waals surface area contributed by atoms with E-state index >= 15 is 0 Å². The van der Waals surface area contributed by atoms with Gasteiger partial charge in [0.15, 0.2) is 0 Å². The molecule has 0 bridgehead atoms. The van der Waals surface area contributed by atoms with E-state index < -0.39 is 0 Å². The Morgan fingerprint density at radius 3 is 3.09 bits per heavy atom. The van der Waals surface area contributed by atoms with E-state index in [0.29, 0.717) is 18.9 Å². The molecule has 0 aromatic heterocycles. The molecule has 1 aromatic carbocycles. The van der Waals surface area contributed by atoms with E-state index in [1.807, 2.05) is 12.1 Å². The van der Waals surface area contributed by atoms with E-state index in [0.717, 1.165) is 43.5 Å². The number of nitrogens with one attached hydrogen (secondary N) is 3. The van der Waals surface area contributed by atoms with E-state index in [9.17, 15) is 9.59 Å². The average molecular weight is 315 g/mol. The van der Waals surface area contributed by atoms with Gasteiger partial charge in [-0.25, -0.2) is 0 Å². The first-order valence-corrected chi connectivity index (χ1v) is 8.56. The van der Waals surface area contributed by atoms with Crippen molar-refractivity contribution in [3.63, 3.8) is 0 Å². The van der Waals surface area contributed by atoms with Gasteiger partial charge in [0.2, 0.25) is 11.8 Å². The van der Waals surface area contributed by atoms with Crippen molar-refractivity contribution in [2.75, 3.05) is 11.9 Å². The van der Waals surface area contributed by atoms with Crippen LogP contribution in [0.3, 0.4) is 0 Å². The van der Waals surface area contributed by atoms with Crippen LogP contribution in [-0.4, -0.2) is 30.4 Å². The topological polar surface area (TPSA) is 70.2 Å². The second-order valence-corrected chi connectivity index (χ2v) is 6.63. The van der Waals surface area contributed by atoms with Crippen molar-refractivity contribution < 1.29 is 9.59 Å². The molecule has 2 amide bonds. The summed E-state index contributed by atoms with van der Waals surface area (Å²) in [5, 5.41) is 9.38. The van der Waals surface area contributed by atoms with Crippen LogP contribution in [-0.2, 0) is 22.4 Å². The van der Waals surface area contributed by atoms with Crippen molar-refractivity contribution in [1.82, 2.24) is 10.6 Å². The Kier molecular flexibility index (Phi) is 4.96. The molecule has 2 aliphatic heterocycles. The quantitative estimate of drug-likeness (QED) is 0.775. The molecule has 0 spiro atoms. The molecule has 5 heteroatoms. The number of hydrogen-bond donors (Lipinski definition) is 3. The predicted molar refractivity (Wildman–Crippen MR) is 90.3 cm³/mol. The van der Waals surface area contributed by atoms with Gasteiger partial charge < -0.3 is 16.0 Å². The van der Waals surface area contributed by atoms with Crippen LogP contribution < -0.4 is 16.0 Å². The van der Waals surface area contributed by atoms with Gasteiger partial charge in [0.25, 0.3) is 0 Å². The highest BCUT2D eigenvalue weighted by molar-refractivity contribution is 5.99. The van der Waals surface area contributed by atoms with Crippen molar-refractivity contribution >= 4 is 17.5 Å². The Balaban J connectivity index is 1.43. The SMILES string of the molecule is CC1NCCCC1NC(=O)CCCc1ccc2c(c1)CC(=O)N2. The molecule has 1 fully saturated rings. The summed E-state index contributed by atoms with van der Waals surface area (Å²) in [5.41, 5.74) is 3.19. The Morgan fingerprint density at radius 2 is 2.26 bits per heavy atom. The third kappa shape index (κ3) is 4.10. The van der Waals surface area contributed by atoms with Crippen molar-refractivity contribution in [3.05, 3.63) is 29.3 Å². The summed E-state index contributed by atoms with van der Waals surface area (Å²) in [5.74, 6) is 0.204. The zero-order valence-electron chi connectivity index (χ0n) is 13.7. The summed E-state index contributed by atoms with van der Waals surface area (Å²) < 4.78 is 0. The fourth-order valence-electron chi connectivity index (χ4n) is 3.41. The molecule has 5 nitrogen and oxygen atoms in total. The fourth-order valence-corrected chi connectivity index (χ4v) is 3.41. The first-order valence-electron chi connectivity index (χ1n) is 8.56. The van der Waals surface area contributed by atoms with Gasteiger partial charge in [-0.05, 0) is 56.3 Å². The maximum Gasteiger partial charge on any atom is 0.228 e. The molecule has 2 unspecified atom stereocenters. The first-order chi connectivity index (χ1) is 11.1. The summed E-state index contributed by atoms with van der Waals surface area (Å²) in [6, 6.07) is 6.70. The van der Waals surface area contributed by atoms with Crippen LogP contribution in [0.25, 0.3) is 0 Å². The number of aryl methyl sites for hydroxylation is 1. The van der Waals surface area contributed by atoms with Gasteiger partial charge in [0.1, 0.15) is 0 Å². The Bertz CT molecular complexity index is 600. The van der Waals surface area contributed by atoms with E-state index in [1.165, 1.54) is 5.56 Å². The minimum atomic E-state index is 0.0618. The third-order valence-electron chi connectivity index (χ3n) is 4.77. The molecule has 23 heavy (non-hydrogen) atoms. The van der Waals surface area contributed by atoms with Gasteiger partial charge in [0.05, 0.1) is 6.42 Å². The second kappa shape index (κ2) is 7.13. The van der Waals surface area contributed by atoms with Crippen molar-refractivity contribution in [2.45, 2.75) is 57.5 Å². The highest BCUT2D eigenvalue weighted by atomic mass is 16.2. The van der Waals surface area contributed by atoms with Crippen molar-refractivity contribution in [2.24, 2.45) is 0 Å². The molecule has 124 valence electrons. The van der Waals surface area contributed by atoms with Crippen LogP contribution in [0.5, 0.6) is 0 Å². The molecule has 2 heterocycles. The Morgan fingerprint density at radius 1 is 1.39 bits per heavy atom. The van der Waals surface area contributed by atoms with E-state index in [4.69, 9.17) is 0 Å². The number of carbonyl (C=O) groups excluding carboxylic acids is 2. The van der Waals surface area contributed by atoms with Crippen LogP contribution in [0.15, 0.2) is 18.2 Å². The number of anilines is 1. The lowest BCUT2D eigenvalue weighted by molar-refractivity contribution is -0.122. The summed E-state index contributed by atoms with van der Waals surface area (Å²) in [6.45, 7) is 3.17. The largest absolute Gasteiger partial charge is 0.352 e. The maximum atomic E-state index is 12.1. The van der Waals surface area contributed by atoms with Gasteiger partial charge in [0, 0.05) is 24.2 Å². The second-order valence-electron chi connectivity index (χ2n) is 6.63. The van der Waals surface area contributed by atoms with Gasteiger partial charge in [-0.15, -0.1) is 0 Å². The number of piperidine rings is 1. The maximum absolute atomic E-state index is 12.1. The molecule has 1 aromatic rings. The predicted octanol–water partition coefficient (Wildman–Crippen LogP) is 1.76. The van der Waals surface area contributed by atoms with Crippen LogP contribution >= 0.6 is 0 Å². The lowest BCUT2D eigenvalue weighted by atomic mass is 9.99. The van der Waals surface area contributed by atoms with Crippen LogP contribution in [0.2, 0.25) is 0 Å². The molecule has 3 rings (SSSR count). The summed E-state index contributed by atoms with van der Waals surface area (Å²) in [6.07, 6.45) is 4.91. The van der Waals surface area contributed by atoms with Crippen LogP contribution in [0, 0.1) is 0 Å². The standard InChI is InChI=1S/C18H25N3O2/c1-12-15(5-3-9-19-12)20-17(22)6-2-4-13-7-8-16-14(10-13)11-18(23)21-16/h7-8,10,12,15,19H,2-6,9,11H2,1H3,(H,20,22)(H,21,23). The van der Waals surface area contributed by atoms with Gasteiger partial charge >= 0.3 is 0 Å². The number of amides is 2. The summed E-state index contributed by atoms with van der Waals surface area (Å²) in [4.78, 5) is 23.4. The highest BCUT2D eigenvalue weighted by Gasteiger charge is 2.22. The van der Waals surface area contributed by atoms with E-state index in [-0.39, 0.29) is 17.9 Å². The summed E-state index contributed by atoms with van der Waals surface area (Å²) in [7, 11) is 0. The van der Waals surface area contributed by atoms with Crippen LogP contribution in [0.4, 0.5) is 5.69 Å². The number of fused-ring (bicyclic) bond motifs is 1.